The van der Waals surface area contributed by atoms with Gasteiger partial charge in [0.15, 0.2) is 9.84 Å². The summed E-state index contributed by atoms with van der Waals surface area (Å²) in [7, 11) is -2.94. The maximum absolute atomic E-state index is 11.9. The molecule has 2 rings (SSSR count). The lowest BCUT2D eigenvalue weighted by Gasteiger charge is -2.27. The molecule has 1 unspecified atom stereocenters. The van der Waals surface area contributed by atoms with Gasteiger partial charge in [-0.1, -0.05) is 0 Å². The van der Waals surface area contributed by atoms with Gasteiger partial charge in [0.1, 0.15) is 0 Å². The molecule has 98 valence electrons. The Hall–Kier alpha value is -0.620. The molecule has 2 fully saturated rings. The van der Waals surface area contributed by atoms with Crippen molar-refractivity contribution in [2.24, 2.45) is 5.92 Å². The van der Waals surface area contributed by atoms with Gasteiger partial charge >= 0.3 is 0 Å². The summed E-state index contributed by atoms with van der Waals surface area (Å²) in [4.78, 5) is 11.9. The van der Waals surface area contributed by atoms with Gasteiger partial charge in [-0.2, -0.15) is 0 Å². The van der Waals surface area contributed by atoms with Gasteiger partial charge in [-0.25, -0.2) is 8.42 Å². The van der Waals surface area contributed by atoms with Crippen LogP contribution in [0.15, 0.2) is 0 Å². The molecule has 0 saturated carbocycles. The summed E-state index contributed by atoms with van der Waals surface area (Å²) in [6, 6.07) is -0.170. The third-order valence-corrected chi connectivity index (χ3v) is 5.34. The van der Waals surface area contributed by atoms with Gasteiger partial charge < -0.3 is 10.6 Å². The summed E-state index contributed by atoms with van der Waals surface area (Å²) in [5.41, 5.74) is 0. The van der Waals surface area contributed by atoms with Crippen LogP contribution >= 0.6 is 0 Å². The molecule has 1 atom stereocenters. The number of piperidine rings is 1. The van der Waals surface area contributed by atoms with Crippen LogP contribution in [-0.4, -0.2) is 45.0 Å². The number of sulfone groups is 1. The summed E-state index contributed by atoms with van der Waals surface area (Å²) in [6.07, 6.45) is 3.16. The van der Waals surface area contributed by atoms with E-state index in [-0.39, 0.29) is 29.4 Å². The molecule has 1 amide bonds. The minimum Gasteiger partial charge on any atom is -0.352 e. The monoisotopic (exact) mass is 260 g/mol. The minimum absolute atomic E-state index is 0.0357. The Bertz CT molecular complexity index is 374. The average Bonchev–Trinajstić information content (AvgIpc) is 2.29. The first-order valence-electron chi connectivity index (χ1n) is 6.28. The van der Waals surface area contributed by atoms with Gasteiger partial charge in [-0.3, -0.25) is 4.79 Å². The van der Waals surface area contributed by atoms with Crippen molar-refractivity contribution in [3.05, 3.63) is 0 Å². The number of nitrogens with one attached hydrogen (secondary N) is 2. The molecule has 2 saturated heterocycles. The number of hydrogen-bond acceptors (Lipinski definition) is 4. The van der Waals surface area contributed by atoms with Crippen molar-refractivity contribution in [3.8, 4) is 0 Å². The standard InChI is InChI=1S/C11H20N2O3S/c14-11(9-3-5-12-6-4-9)13-10-2-1-7-17(15,16)8-10/h9-10,12H,1-8H2,(H,13,14). The quantitative estimate of drug-likeness (QED) is 0.713. The van der Waals surface area contributed by atoms with Crippen LogP contribution in [0, 0.1) is 5.92 Å². The topological polar surface area (TPSA) is 75.3 Å². The van der Waals surface area contributed by atoms with Gasteiger partial charge in [0.25, 0.3) is 0 Å². The molecule has 0 bridgehead atoms. The molecule has 0 aromatic heterocycles. The second kappa shape index (κ2) is 5.35. The van der Waals surface area contributed by atoms with Crippen LogP contribution in [0.4, 0.5) is 0 Å². The van der Waals surface area contributed by atoms with Gasteiger partial charge in [0, 0.05) is 12.0 Å². The zero-order valence-electron chi connectivity index (χ0n) is 9.94. The highest BCUT2D eigenvalue weighted by atomic mass is 32.2. The molecule has 0 spiro atoms. The van der Waals surface area contributed by atoms with E-state index in [4.69, 9.17) is 0 Å². The molecular formula is C11H20N2O3S. The fraction of sp³-hybridized carbons (Fsp3) is 0.909. The van der Waals surface area contributed by atoms with Crippen molar-refractivity contribution in [1.29, 1.82) is 0 Å². The zero-order chi connectivity index (χ0) is 12.3. The van der Waals surface area contributed by atoms with Gasteiger partial charge in [0.2, 0.25) is 5.91 Å². The molecule has 2 aliphatic heterocycles. The van der Waals surface area contributed by atoms with Crippen molar-refractivity contribution >= 4 is 15.7 Å². The Kier molecular flexibility index (Phi) is 4.04. The van der Waals surface area contributed by atoms with Crippen molar-refractivity contribution in [2.75, 3.05) is 24.6 Å². The van der Waals surface area contributed by atoms with Crippen molar-refractivity contribution in [3.63, 3.8) is 0 Å². The molecule has 5 nitrogen and oxygen atoms in total. The van der Waals surface area contributed by atoms with Crippen LogP contribution in [-0.2, 0) is 14.6 Å². The van der Waals surface area contributed by atoms with E-state index in [0.29, 0.717) is 6.42 Å². The molecule has 2 aliphatic rings. The van der Waals surface area contributed by atoms with Crippen molar-refractivity contribution in [2.45, 2.75) is 31.7 Å². The van der Waals surface area contributed by atoms with Crippen LogP contribution in [0.5, 0.6) is 0 Å². The van der Waals surface area contributed by atoms with Gasteiger partial charge in [-0.05, 0) is 38.8 Å². The van der Waals surface area contributed by atoms with E-state index in [1.165, 1.54) is 0 Å². The van der Waals surface area contributed by atoms with Crippen LogP contribution in [0.1, 0.15) is 25.7 Å². The number of carbonyl (C=O) groups is 1. The van der Waals surface area contributed by atoms with Crippen molar-refractivity contribution in [1.82, 2.24) is 10.6 Å². The largest absolute Gasteiger partial charge is 0.352 e. The summed E-state index contributed by atoms with van der Waals surface area (Å²) < 4.78 is 22.9. The minimum atomic E-state index is -2.94. The molecule has 17 heavy (non-hydrogen) atoms. The van der Waals surface area contributed by atoms with Gasteiger partial charge in [0.05, 0.1) is 11.5 Å². The predicted molar refractivity (Wildman–Crippen MR) is 65.4 cm³/mol. The highest BCUT2D eigenvalue weighted by Gasteiger charge is 2.28. The molecule has 2 heterocycles. The number of hydrogen-bond donors (Lipinski definition) is 2. The first-order valence-corrected chi connectivity index (χ1v) is 8.10. The highest BCUT2D eigenvalue weighted by molar-refractivity contribution is 7.91. The second-order valence-electron chi connectivity index (χ2n) is 4.99. The summed E-state index contributed by atoms with van der Waals surface area (Å²) in [6.45, 7) is 1.75. The summed E-state index contributed by atoms with van der Waals surface area (Å²) >= 11 is 0. The Morgan fingerprint density at radius 3 is 2.53 bits per heavy atom. The SMILES string of the molecule is O=C(NC1CCCS(=O)(=O)C1)C1CCNCC1. The Balaban J connectivity index is 1.85. The Morgan fingerprint density at radius 1 is 1.18 bits per heavy atom. The average molecular weight is 260 g/mol. The molecule has 2 N–H and O–H groups in total. The lowest BCUT2D eigenvalue weighted by atomic mass is 9.97. The molecule has 0 aromatic carbocycles. The van der Waals surface area contributed by atoms with E-state index < -0.39 is 9.84 Å². The van der Waals surface area contributed by atoms with Crippen LogP contribution < -0.4 is 10.6 Å². The second-order valence-corrected chi connectivity index (χ2v) is 7.22. The van der Waals surface area contributed by atoms with Crippen LogP contribution in [0.25, 0.3) is 0 Å². The fourth-order valence-corrected chi connectivity index (χ4v) is 4.18. The third-order valence-electron chi connectivity index (χ3n) is 3.52. The highest BCUT2D eigenvalue weighted by Crippen LogP contribution is 2.15. The third kappa shape index (κ3) is 3.67. The zero-order valence-corrected chi connectivity index (χ0v) is 10.8. The Labute approximate surface area is 102 Å². The van der Waals surface area contributed by atoms with E-state index in [1.54, 1.807) is 0 Å². The lowest BCUT2D eigenvalue weighted by Crippen LogP contribution is -2.47. The number of rotatable bonds is 2. The Morgan fingerprint density at radius 2 is 1.88 bits per heavy atom. The molecule has 0 radical (unpaired) electrons. The van der Waals surface area contributed by atoms with Gasteiger partial charge in [-0.15, -0.1) is 0 Å². The summed E-state index contributed by atoms with van der Waals surface area (Å²) in [5.74, 6) is 0.477. The van der Waals surface area contributed by atoms with Crippen LogP contribution in [0.2, 0.25) is 0 Å². The van der Waals surface area contributed by atoms with E-state index in [2.05, 4.69) is 10.6 Å². The maximum Gasteiger partial charge on any atom is 0.223 e. The van der Waals surface area contributed by atoms with Crippen LogP contribution in [0.3, 0.4) is 0 Å². The predicted octanol–water partition coefficient (Wildman–Crippen LogP) is -0.321. The molecule has 0 aromatic rings. The molecule has 6 heteroatoms. The van der Waals surface area contributed by atoms with E-state index in [9.17, 15) is 13.2 Å². The smallest absolute Gasteiger partial charge is 0.223 e. The maximum atomic E-state index is 11.9. The first kappa shape index (κ1) is 12.8. The first-order chi connectivity index (χ1) is 8.07. The normalized spacial score (nSPS) is 29.8. The van der Waals surface area contributed by atoms with E-state index in [0.717, 1.165) is 32.4 Å². The fourth-order valence-electron chi connectivity index (χ4n) is 2.54. The lowest BCUT2D eigenvalue weighted by molar-refractivity contribution is -0.126. The molecule has 0 aliphatic carbocycles. The van der Waals surface area contributed by atoms with E-state index in [1.807, 2.05) is 0 Å². The number of carbonyl (C=O) groups excluding carboxylic acids is 1. The number of amides is 1. The van der Waals surface area contributed by atoms with Crippen molar-refractivity contribution < 1.29 is 13.2 Å². The summed E-state index contributed by atoms with van der Waals surface area (Å²) in [5, 5.41) is 6.11. The molecular weight excluding hydrogens is 240 g/mol. The van der Waals surface area contributed by atoms with E-state index >= 15 is 0 Å².